The van der Waals surface area contributed by atoms with Gasteiger partial charge in [0.05, 0.1) is 25.6 Å². The Labute approximate surface area is 184 Å². The molecule has 0 radical (unpaired) electrons. The second kappa shape index (κ2) is 10.3. The SMILES string of the molecule is COc1ccc(NC(=O)N2CCC(=Cc3cccc(OCC4CCCC4)c3)CC2)cn1. The molecule has 1 saturated carbocycles. The number of nitrogens with one attached hydrogen (secondary N) is 1. The molecule has 1 aliphatic heterocycles. The Morgan fingerprint density at radius 1 is 1.19 bits per heavy atom. The Morgan fingerprint density at radius 2 is 2.00 bits per heavy atom. The molecule has 1 aliphatic carbocycles. The molecule has 2 aromatic rings. The minimum Gasteiger partial charge on any atom is -0.493 e. The van der Waals surface area contributed by atoms with E-state index in [1.54, 1.807) is 25.4 Å². The van der Waals surface area contributed by atoms with E-state index in [2.05, 4.69) is 34.6 Å². The maximum atomic E-state index is 12.5. The number of benzene rings is 1. The Bertz CT molecular complexity index is 894. The number of aromatic nitrogens is 1. The van der Waals surface area contributed by atoms with Crippen molar-refractivity contribution in [3.63, 3.8) is 0 Å². The molecule has 0 bridgehead atoms. The normalized spacial score (nSPS) is 16.8. The lowest BCUT2D eigenvalue weighted by Gasteiger charge is -2.28. The largest absolute Gasteiger partial charge is 0.493 e. The highest BCUT2D eigenvalue weighted by molar-refractivity contribution is 5.89. The number of hydrogen-bond donors (Lipinski definition) is 1. The molecule has 2 amide bonds. The summed E-state index contributed by atoms with van der Waals surface area (Å²) in [7, 11) is 1.57. The van der Waals surface area contributed by atoms with Crippen molar-refractivity contribution in [2.45, 2.75) is 38.5 Å². The first kappa shape index (κ1) is 21.2. The van der Waals surface area contributed by atoms with Crippen molar-refractivity contribution in [1.29, 1.82) is 0 Å². The first-order chi connectivity index (χ1) is 15.2. The zero-order valence-electron chi connectivity index (χ0n) is 18.2. The molecule has 2 heterocycles. The zero-order chi connectivity index (χ0) is 21.5. The predicted octanol–water partition coefficient (Wildman–Crippen LogP) is 5.37. The van der Waals surface area contributed by atoms with Gasteiger partial charge < -0.3 is 19.7 Å². The number of piperidine rings is 1. The van der Waals surface area contributed by atoms with E-state index in [1.807, 2.05) is 11.0 Å². The number of urea groups is 1. The summed E-state index contributed by atoms with van der Waals surface area (Å²) in [5, 5.41) is 2.90. The van der Waals surface area contributed by atoms with Crippen molar-refractivity contribution in [2.75, 3.05) is 32.1 Å². The molecule has 1 saturated heterocycles. The average molecular weight is 422 g/mol. The standard InChI is InChI=1S/C25H31N3O3/c1-30-24-10-9-22(17-26-24)27-25(29)28-13-11-19(12-14-28)15-21-7-4-8-23(16-21)31-18-20-5-2-3-6-20/h4,7-10,15-17,20H,2-3,5-6,11-14,18H2,1H3,(H,27,29). The molecule has 0 unspecified atom stereocenters. The summed E-state index contributed by atoms with van der Waals surface area (Å²) in [6, 6.07) is 11.8. The highest BCUT2D eigenvalue weighted by Gasteiger charge is 2.19. The van der Waals surface area contributed by atoms with E-state index in [9.17, 15) is 4.79 Å². The van der Waals surface area contributed by atoms with Crippen LogP contribution >= 0.6 is 0 Å². The molecule has 1 aromatic carbocycles. The first-order valence-corrected chi connectivity index (χ1v) is 11.2. The number of carbonyl (C=O) groups is 1. The Hall–Kier alpha value is -3.02. The minimum atomic E-state index is -0.0895. The topological polar surface area (TPSA) is 63.7 Å². The summed E-state index contributed by atoms with van der Waals surface area (Å²) in [6.45, 7) is 2.24. The van der Waals surface area contributed by atoms with Gasteiger partial charge in [-0.25, -0.2) is 9.78 Å². The van der Waals surface area contributed by atoms with Crippen LogP contribution in [0.3, 0.4) is 0 Å². The average Bonchev–Trinajstić information content (AvgIpc) is 3.33. The molecule has 2 aliphatic rings. The van der Waals surface area contributed by atoms with Crippen LogP contribution in [0.5, 0.6) is 11.6 Å². The number of methoxy groups -OCH3 is 1. The Balaban J connectivity index is 1.27. The third kappa shape index (κ3) is 6.00. The number of pyridine rings is 1. The third-order valence-corrected chi connectivity index (χ3v) is 6.08. The molecule has 2 fully saturated rings. The van der Waals surface area contributed by atoms with Crippen LogP contribution < -0.4 is 14.8 Å². The van der Waals surface area contributed by atoms with Gasteiger partial charge in [0.2, 0.25) is 5.88 Å². The van der Waals surface area contributed by atoms with Gasteiger partial charge in [0.1, 0.15) is 5.75 Å². The van der Waals surface area contributed by atoms with Gasteiger partial charge in [0.15, 0.2) is 0 Å². The Kier molecular flexibility index (Phi) is 7.07. The minimum absolute atomic E-state index is 0.0895. The molecule has 164 valence electrons. The van der Waals surface area contributed by atoms with E-state index in [0.717, 1.165) is 25.2 Å². The van der Waals surface area contributed by atoms with E-state index in [4.69, 9.17) is 9.47 Å². The molecule has 1 N–H and O–H groups in total. The van der Waals surface area contributed by atoms with Gasteiger partial charge >= 0.3 is 6.03 Å². The number of rotatable bonds is 6. The van der Waals surface area contributed by atoms with Gasteiger partial charge in [-0.05, 0) is 55.4 Å². The monoisotopic (exact) mass is 421 g/mol. The van der Waals surface area contributed by atoms with E-state index >= 15 is 0 Å². The maximum absolute atomic E-state index is 12.5. The van der Waals surface area contributed by atoms with Gasteiger partial charge in [-0.15, -0.1) is 0 Å². The molecule has 0 atom stereocenters. The molecular weight excluding hydrogens is 390 g/mol. The van der Waals surface area contributed by atoms with Crippen LogP contribution in [0, 0.1) is 5.92 Å². The summed E-state index contributed by atoms with van der Waals surface area (Å²) in [4.78, 5) is 18.5. The van der Waals surface area contributed by atoms with Gasteiger partial charge in [-0.1, -0.05) is 36.6 Å². The van der Waals surface area contributed by atoms with Crippen LogP contribution in [-0.2, 0) is 0 Å². The van der Waals surface area contributed by atoms with E-state index in [0.29, 0.717) is 30.6 Å². The summed E-state index contributed by atoms with van der Waals surface area (Å²) in [5.74, 6) is 2.19. The number of hydrogen-bond acceptors (Lipinski definition) is 4. The number of likely N-dealkylation sites (tertiary alicyclic amines) is 1. The Morgan fingerprint density at radius 3 is 2.71 bits per heavy atom. The van der Waals surface area contributed by atoms with Gasteiger partial charge in [-0.2, -0.15) is 0 Å². The van der Waals surface area contributed by atoms with Crippen molar-refractivity contribution in [3.8, 4) is 11.6 Å². The van der Waals surface area contributed by atoms with Crippen LogP contribution in [-0.4, -0.2) is 42.7 Å². The number of amides is 2. The van der Waals surface area contributed by atoms with Crippen LogP contribution in [0.1, 0.15) is 44.1 Å². The summed E-state index contributed by atoms with van der Waals surface area (Å²) in [5.41, 5.74) is 3.20. The van der Waals surface area contributed by atoms with E-state index in [-0.39, 0.29) is 6.03 Å². The van der Waals surface area contributed by atoms with Gasteiger partial charge in [0.25, 0.3) is 0 Å². The van der Waals surface area contributed by atoms with Crippen molar-refractivity contribution in [2.24, 2.45) is 5.92 Å². The van der Waals surface area contributed by atoms with Crippen LogP contribution in [0.2, 0.25) is 0 Å². The summed E-state index contributed by atoms with van der Waals surface area (Å²) < 4.78 is 11.1. The predicted molar refractivity (Wildman–Crippen MR) is 122 cm³/mol. The molecular formula is C25H31N3O3. The molecule has 0 spiro atoms. The quantitative estimate of drug-likeness (QED) is 0.681. The maximum Gasteiger partial charge on any atom is 0.321 e. The van der Waals surface area contributed by atoms with Crippen molar-refractivity contribution < 1.29 is 14.3 Å². The molecule has 4 rings (SSSR count). The van der Waals surface area contributed by atoms with E-state index < -0.39 is 0 Å². The highest BCUT2D eigenvalue weighted by atomic mass is 16.5. The fraction of sp³-hybridized carbons (Fsp3) is 0.440. The first-order valence-electron chi connectivity index (χ1n) is 11.2. The molecule has 6 heteroatoms. The van der Waals surface area contributed by atoms with Gasteiger partial charge in [0, 0.05) is 19.2 Å². The second-order valence-corrected chi connectivity index (χ2v) is 8.34. The third-order valence-electron chi connectivity index (χ3n) is 6.08. The lowest BCUT2D eigenvalue weighted by molar-refractivity contribution is 0.208. The van der Waals surface area contributed by atoms with Crippen molar-refractivity contribution in [1.82, 2.24) is 9.88 Å². The van der Waals surface area contributed by atoms with Gasteiger partial charge in [-0.3, -0.25) is 0 Å². The highest BCUT2D eigenvalue weighted by Crippen LogP contribution is 2.27. The fourth-order valence-corrected chi connectivity index (χ4v) is 4.24. The van der Waals surface area contributed by atoms with Crippen LogP contribution in [0.4, 0.5) is 10.5 Å². The van der Waals surface area contributed by atoms with Crippen LogP contribution in [0.15, 0.2) is 48.2 Å². The van der Waals surface area contributed by atoms with Crippen molar-refractivity contribution in [3.05, 3.63) is 53.7 Å². The number of anilines is 1. The molecule has 31 heavy (non-hydrogen) atoms. The molecule has 6 nitrogen and oxygen atoms in total. The second-order valence-electron chi connectivity index (χ2n) is 8.34. The number of carbonyl (C=O) groups excluding carboxylic acids is 1. The smallest absolute Gasteiger partial charge is 0.321 e. The molecule has 1 aromatic heterocycles. The summed E-state index contributed by atoms with van der Waals surface area (Å²) >= 11 is 0. The van der Waals surface area contributed by atoms with Crippen molar-refractivity contribution >= 4 is 17.8 Å². The fourth-order valence-electron chi connectivity index (χ4n) is 4.24. The number of ether oxygens (including phenoxy) is 2. The van der Waals surface area contributed by atoms with Crippen LogP contribution in [0.25, 0.3) is 6.08 Å². The lowest BCUT2D eigenvalue weighted by atomic mass is 10.0. The zero-order valence-corrected chi connectivity index (χ0v) is 18.2. The number of nitrogens with zero attached hydrogens (tertiary/aromatic N) is 2. The lowest BCUT2D eigenvalue weighted by Crippen LogP contribution is -2.39. The van der Waals surface area contributed by atoms with E-state index in [1.165, 1.54) is 36.8 Å². The summed E-state index contributed by atoms with van der Waals surface area (Å²) in [6.07, 6.45) is 10.9.